The zero-order chi connectivity index (χ0) is 26.5. The van der Waals surface area contributed by atoms with Gasteiger partial charge >= 0.3 is 0 Å². The van der Waals surface area contributed by atoms with Crippen LogP contribution in [0.1, 0.15) is 5.56 Å². The quantitative estimate of drug-likeness (QED) is 0.172. The van der Waals surface area contributed by atoms with E-state index < -0.39 is 10.0 Å². The first-order chi connectivity index (χ1) is 18.5. The van der Waals surface area contributed by atoms with Crippen LogP contribution in [0.4, 0.5) is 11.4 Å². The van der Waals surface area contributed by atoms with Crippen molar-refractivity contribution in [3.63, 3.8) is 0 Å². The molecule has 5 aromatic carbocycles. The van der Waals surface area contributed by atoms with Crippen molar-refractivity contribution >= 4 is 49.0 Å². The van der Waals surface area contributed by atoms with Gasteiger partial charge in [-0.1, -0.05) is 54.6 Å². The molecule has 0 aromatic heterocycles. The molecule has 2 N–H and O–H groups in total. The van der Waals surface area contributed by atoms with Crippen molar-refractivity contribution in [2.75, 3.05) is 19.5 Å². The van der Waals surface area contributed by atoms with Crippen LogP contribution in [0.25, 0.3) is 27.6 Å². The summed E-state index contributed by atoms with van der Waals surface area (Å²) >= 11 is 0. The molecule has 38 heavy (non-hydrogen) atoms. The van der Waals surface area contributed by atoms with Gasteiger partial charge in [-0.2, -0.15) is 0 Å². The summed E-state index contributed by atoms with van der Waals surface area (Å²) in [6, 6.07) is 30.2. The minimum atomic E-state index is -3.84. The van der Waals surface area contributed by atoms with Crippen molar-refractivity contribution in [2.45, 2.75) is 4.90 Å². The van der Waals surface area contributed by atoms with Crippen LogP contribution >= 0.6 is 0 Å². The summed E-state index contributed by atoms with van der Waals surface area (Å²) in [5.74, 6) is 1.26. The molecule has 0 radical (unpaired) electrons. The minimum Gasteiger partial charge on any atom is -0.495 e. The van der Waals surface area contributed by atoms with Gasteiger partial charge in [0, 0.05) is 32.9 Å². The monoisotopic (exact) mass is 522 g/mol. The predicted molar refractivity (Wildman–Crippen MR) is 154 cm³/mol. The number of fused-ring (bicyclic) bond motifs is 2. The molecule has 0 aliphatic heterocycles. The normalized spacial score (nSPS) is 11.0. The second kappa shape index (κ2) is 10.7. The van der Waals surface area contributed by atoms with E-state index in [2.05, 4.69) is 15.8 Å². The maximum Gasteiger partial charge on any atom is 0.261 e. The molecular formula is C31H26N2O4S. The Morgan fingerprint density at radius 2 is 1.26 bits per heavy atom. The Labute approximate surface area is 221 Å². The van der Waals surface area contributed by atoms with Crippen LogP contribution in [0.15, 0.2) is 114 Å². The minimum absolute atomic E-state index is 0.107. The first kappa shape index (κ1) is 25.0. The summed E-state index contributed by atoms with van der Waals surface area (Å²) < 4.78 is 39.9. The third-order valence-corrected chi connectivity index (χ3v) is 7.44. The van der Waals surface area contributed by atoms with Crippen molar-refractivity contribution in [3.05, 3.63) is 115 Å². The lowest BCUT2D eigenvalue weighted by Gasteiger charge is -2.15. The van der Waals surface area contributed by atoms with Gasteiger partial charge in [-0.25, -0.2) is 8.42 Å². The molecule has 0 aliphatic rings. The van der Waals surface area contributed by atoms with E-state index in [1.165, 1.54) is 6.20 Å². The fourth-order valence-corrected chi connectivity index (χ4v) is 5.23. The van der Waals surface area contributed by atoms with E-state index in [0.29, 0.717) is 16.9 Å². The Morgan fingerprint density at radius 1 is 0.684 bits per heavy atom. The molecule has 0 atom stereocenters. The predicted octanol–water partition coefficient (Wildman–Crippen LogP) is 6.86. The van der Waals surface area contributed by atoms with Crippen molar-refractivity contribution < 1.29 is 17.9 Å². The Bertz CT molecular complexity index is 1770. The van der Waals surface area contributed by atoms with Gasteiger partial charge < -0.3 is 14.8 Å². The molecule has 0 heterocycles. The largest absolute Gasteiger partial charge is 0.495 e. The van der Waals surface area contributed by atoms with Crippen LogP contribution in [0.2, 0.25) is 0 Å². The second-order valence-electron chi connectivity index (χ2n) is 8.51. The third kappa shape index (κ3) is 5.06. The fourth-order valence-electron chi connectivity index (χ4n) is 4.35. The van der Waals surface area contributed by atoms with Crippen LogP contribution in [0, 0.1) is 0 Å². The highest BCUT2D eigenvalue weighted by Gasteiger charge is 2.19. The van der Waals surface area contributed by atoms with Crippen molar-refractivity contribution in [2.24, 2.45) is 0 Å². The van der Waals surface area contributed by atoms with Gasteiger partial charge in [-0.15, -0.1) is 5.73 Å². The smallest absolute Gasteiger partial charge is 0.261 e. The van der Waals surface area contributed by atoms with Crippen LogP contribution in [-0.4, -0.2) is 22.6 Å². The molecule has 0 unspecified atom stereocenters. The van der Waals surface area contributed by atoms with Crippen LogP contribution in [-0.2, 0) is 10.0 Å². The fraction of sp³-hybridized carbons (Fsp3) is 0.0645. The lowest BCUT2D eigenvalue weighted by Crippen LogP contribution is -2.17. The molecule has 7 heteroatoms. The van der Waals surface area contributed by atoms with Gasteiger partial charge in [0.2, 0.25) is 0 Å². The van der Waals surface area contributed by atoms with E-state index in [1.807, 2.05) is 78.9 Å². The SMILES string of the molecule is COc1c2ccccc2c(OC)c2cc(S(=O)(=O)NC=C=Cc3ccc(Nc4ccccc4)cc3)ccc12. The first-order valence-electron chi connectivity index (χ1n) is 11.9. The molecule has 0 amide bonds. The molecule has 0 aliphatic carbocycles. The number of benzene rings is 5. The number of sulfonamides is 1. The number of methoxy groups -OCH3 is 2. The van der Waals surface area contributed by atoms with Crippen LogP contribution in [0.5, 0.6) is 11.5 Å². The summed E-state index contributed by atoms with van der Waals surface area (Å²) in [4.78, 5) is 0.107. The Hall–Kier alpha value is -4.71. The summed E-state index contributed by atoms with van der Waals surface area (Å²) in [7, 11) is -0.664. The molecule has 190 valence electrons. The molecule has 0 saturated heterocycles. The Kier molecular flexibility index (Phi) is 7.05. The van der Waals surface area contributed by atoms with E-state index in [1.54, 1.807) is 38.5 Å². The van der Waals surface area contributed by atoms with Gasteiger partial charge in [-0.05, 0) is 54.1 Å². The molecular weight excluding hydrogens is 496 g/mol. The second-order valence-corrected chi connectivity index (χ2v) is 10.2. The topological polar surface area (TPSA) is 76.7 Å². The maximum absolute atomic E-state index is 13.0. The summed E-state index contributed by atoms with van der Waals surface area (Å²) in [6.07, 6.45) is 2.99. The summed E-state index contributed by atoms with van der Waals surface area (Å²) in [5, 5.41) is 6.47. The standard InChI is InChI=1S/C31H26N2O4S/c1-36-30-26-12-6-7-13-27(26)31(37-2)29-21-25(18-19-28(29)30)38(34,35)32-20-8-9-22-14-16-24(17-15-22)33-23-10-4-3-5-11-23/h3-7,9-21,32-33H,1-2H3. The average Bonchev–Trinajstić information content (AvgIpc) is 2.95. The molecule has 0 spiro atoms. The van der Waals surface area contributed by atoms with Crippen molar-refractivity contribution in [3.8, 4) is 11.5 Å². The molecule has 6 nitrogen and oxygen atoms in total. The number of para-hydroxylation sites is 1. The van der Waals surface area contributed by atoms with Gasteiger partial charge in [0.25, 0.3) is 10.0 Å². The first-order valence-corrected chi connectivity index (χ1v) is 13.4. The molecule has 0 saturated carbocycles. The lowest BCUT2D eigenvalue weighted by atomic mass is 10.0. The maximum atomic E-state index is 13.0. The zero-order valence-electron chi connectivity index (χ0n) is 20.9. The van der Waals surface area contributed by atoms with Gasteiger partial charge in [0.15, 0.2) is 0 Å². The summed E-state index contributed by atoms with van der Waals surface area (Å²) in [6.45, 7) is 0. The lowest BCUT2D eigenvalue weighted by molar-refractivity contribution is 0.417. The van der Waals surface area contributed by atoms with E-state index in [4.69, 9.17) is 9.47 Å². The highest BCUT2D eigenvalue weighted by Crippen LogP contribution is 2.43. The van der Waals surface area contributed by atoms with Gasteiger partial charge in [0.05, 0.1) is 25.3 Å². The van der Waals surface area contributed by atoms with Crippen molar-refractivity contribution in [1.82, 2.24) is 4.72 Å². The Morgan fingerprint density at radius 3 is 1.92 bits per heavy atom. The van der Waals surface area contributed by atoms with E-state index in [0.717, 1.165) is 33.1 Å². The van der Waals surface area contributed by atoms with Gasteiger partial charge in [-0.3, -0.25) is 4.72 Å². The Balaban J connectivity index is 1.38. The average molecular weight is 523 g/mol. The number of ether oxygens (including phenoxy) is 2. The molecule has 5 aromatic rings. The van der Waals surface area contributed by atoms with Crippen molar-refractivity contribution in [1.29, 1.82) is 0 Å². The zero-order valence-corrected chi connectivity index (χ0v) is 21.8. The number of rotatable bonds is 8. The highest BCUT2D eigenvalue weighted by atomic mass is 32.2. The molecule has 5 rings (SSSR count). The van der Waals surface area contributed by atoms with Crippen LogP contribution in [0.3, 0.4) is 0 Å². The summed E-state index contributed by atoms with van der Waals surface area (Å²) in [5.41, 5.74) is 5.73. The number of hydrogen-bond acceptors (Lipinski definition) is 5. The number of hydrogen-bond donors (Lipinski definition) is 2. The van der Waals surface area contributed by atoms with Crippen LogP contribution < -0.4 is 19.5 Å². The number of nitrogens with one attached hydrogen (secondary N) is 2. The number of anilines is 2. The van der Waals surface area contributed by atoms with E-state index in [9.17, 15) is 8.42 Å². The van der Waals surface area contributed by atoms with E-state index >= 15 is 0 Å². The highest BCUT2D eigenvalue weighted by molar-refractivity contribution is 7.89. The third-order valence-electron chi connectivity index (χ3n) is 6.14. The van der Waals surface area contributed by atoms with E-state index in [-0.39, 0.29) is 4.90 Å². The van der Waals surface area contributed by atoms with Gasteiger partial charge in [0.1, 0.15) is 11.5 Å². The molecule has 0 fully saturated rings. The molecule has 0 bridgehead atoms.